The summed E-state index contributed by atoms with van der Waals surface area (Å²) in [5, 5.41) is 9.33. The van der Waals surface area contributed by atoms with Crippen LogP contribution in [0.2, 0.25) is 0 Å². The number of benzene rings is 2. The Balaban J connectivity index is 2.20. The van der Waals surface area contributed by atoms with E-state index in [4.69, 9.17) is 9.47 Å². The van der Waals surface area contributed by atoms with E-state index in [0.717, 1.165) is 17.2 Å². The molecule has 2 aromatic carbocycles. The van der Waals surface area contributed by atoms with Crippen molar-refractivity contribution in [2.45, 2.75) is 6.10 Å². The summed E-state index contributed by atoms with van der Waals surface area (Å²) >= 11 is 0. The average molecular weight is 284 g/mol. The predicted octanol–water partition coefficient (Wildman–Crippen LogP) is 3.22. The molecule has 0 heterocycles. The molecule has 0 aliphatic rings. The summed E-state index contributed by atoms with van der Waals surface area (Å²) in [6.45, 7) is 3.35. The first-order valence-corrected chi connectivity index (χ1v) is 6.40. The molecule has 0 spiro atoms. The summed E-state index contributed by atoms with van der Waals surface area (Å²) in [6, 6.07) is 13.9. The highest BCUT2D eigenvalue weighted by atomic mass is 16.5. The Kier molecular flexibility index (Phi) is 4.74. The third-order valence-electron chi connectivity index (χ3n) is 3.00. The van der Waals surface area contributed by atoms with Gasteiger partial charge in [0.15, 0.2) is 0 Å². The quantitative estimate of drug-likeness (QED) is 0.520. The number of ether oxygens (including phenoxy) is 2. The van der Waals surface area contributed by atoms with Crippen LogP contribution in [-0.2, 0) is 9.53 Å². The molecule has 4 heteroatoms. The van der Waals surface area contributed by atoms with Gasteiger partial charge >= 0.3 is 5.97 Å². The highest BCUT2D eigenvalue weighted by molar-refractivity contribution is 5.83. The molecule has 0 aliphatic heterocycles. The maximum Gasteiger partial charge on any atom is 0.335 e. The fourth-order valence-corrected chi connectivity index (χ4v) is 1.98. The number of carbonyl (C=O) groups is 1. The van der Waals surface area contributed by atoms with Crippen molar-refractivity contribution < 1.29 is 19.4 Å². The molecule has 108 valence electrons. The Morgan fingerprint density at radius 1 is 1.10 bits per heavy atom. The molecular weight excluding hydrogens is 268 g/mol. The molecule has 0 fully saturated rings. The van der Waals surface area contributed by atoms with Crippen molar-refractivity contribution in [2.75, 3.05) is 7.11 Å². The molecule has 21 heavy (non-hydrogen) atoms. The SMILES string of the molecule is C=CC(=O)Oc1ccc(C(OC)c2ccc(O)cc2)cc1. The number of phenols is 1. The molecule has 1 atom stereocenters. The molecule has 2 rings (SSSR count). The first-order chi connectivity index (χ1) is 10.1. The van der Waals surface area contributed by atoms with E-state index in [1.165, 1.54) is 0 Å². The first-order valence-electron chi connectivity index (χ1n) is 6.40. The lowest BCUT2D eigenvalue weighted by Crippen LogP contribution is -2.05. The second kappa shape index (κ2) is 6.72. The van der Waals surface area contributed by atoms with Gasteiger partial charge in [-0.3, -0.25) is 0 Å². The van der Waals surface area contributed by atoms with Crippen LogP contribution in [0, 0.1) is 0 Å². The summed E-state index contributed by atoms with van der Waals surface area (Å²) in [5.74, 6) is 0.161. The Hall–Kier alpha value is -2.59. The van der Waals surface area contributed by atoms with Gasteiger partial charge in [-0.15, -0.1) is 0 Å². The monoisotopic (exact) mass is 284 g/mol. The van der Waals surface area contributed by atoms with Crippen LogP contribution in [-0.4, -0.2) is 18.2 Å². The molecule has 0 saturated carbocycles. The highest BCUT2D eigenvalue weighted by Gasteiger charge is 2.13. The zero-order chi connectivity index (χ0) is 15.2. The number of esters is 1. The number of hydrogen-bond donors (Lipinski definition) is 1. The fourth-order valence-electron chi connectivity index (χ4n) is 1.98. The molecule has 0 amide bonds. The summed E-state index contributed by atoms with van der Waals surface area (Å²) in [6.07, 6.45) is 0.859. The van der Waals surface area contributed by atoms with Gasteiger partial charge in [-0.1, -0.05) is 30.8 Å². The van der Waals surface area contributed by atoms with Gasteiger partial charge in [0.05, 0.1) is 0 Å². The van der Waals surface area contributed by atoms with Gasteiger partial charge < -0.3 is 14.6 Å². The van der Waals surface area contributed by atoms with Crippen LogP contribution < -0.4 is 4.74 Å². The number of carbonyl (C=O) groups excluding carboxylic acids is 1. The lowest BCUT2D eigenvalue weighted by molar-refractivity contribution is -0.128. The number of phenolic OH excluding ortho intramolecular Hbond substituents is 1. The zero-order valence-electron chi connectivity index (χ0n) is 11.7. The smallest absolute Gasteiger partial charge is 0.335 e. The minimum absolute atomic E-state index is 0.209. The summed E-state index contributed by atoms with van der Waals surface area (Å²) in [4.78, 5) is 11.1. The van der Waals surface area contributed by atoms with E-state index in [1.54, 1.807) is 43.5 Å². The number of hydrogen-bond acceptors (Lipinski definition) is 4. The highest BCUT2D eigenvalue weighted by Crippen LogP contribution is 2.28. The minimum Gasteiger partial charge on any atom is -0.508 e. The van der Waals surface area contributed by atoms with Gasteiger partial charge in [-0.05, 0) is 35.4 Å². The van der Waals surface area contributed by atoms with Crippen molar-refractivity contribution in [2.24, 2.45) is 0 Å². The van der Waals surface area contributed by atoms with Crippen LogP contribution in [0.5, 0.6) is 11.5 Å². The van der Waals surface area contributed by atoms with Crippen LogP contribution in [0.25, 0.3) is 0 Å². The molecule has 2 aromatic rings. The third kappa shape index (κ3) is 3.70. The van der Waals surface area contributed by atoms with E-state index >= 15 is 0 Å². The van der Waals surface area contributed by atoms with Crippen LogP contribution in [0.3, 0.4) is 0 Å². The molecule has 0 bridgehead atoms. The van der Waals surface area contributed by atoms with Crippen LogP contribution in [0.15, 0.2) is 61.2 Å². The van der Waals surface area contributed by atoms with Gasteiger partial charge in [0.2, 0.25) is 0 Å². The average Bonchev–Trinajstić information content (AvgIpc) is 2.51. The fraction of sp³-hybridized carbons (Fsp3) is 0.118. The number of methoxy groups -OCH3 is 1. The van der Waals surface area contributed by atoms with Crippen molar-refractivity contribution >= 4 is 5.97 Å². The van der Waals surface area contributed by atoms with E-state index in [1.807, 2.05) is 12.1 Å². The molecule has 1 unspecified atom stereocenters. The molecule has 0 radical (unpaired) electrons. The molecule has 0 saturated heterocycles. The number of rotatable bonds is 5. The molecule has 4 nitrogen and oxygen atoms in total. The normalized spacial score (nSPS) is 11.7. The second-order valence-corrected chi connectivity index (χ2v) is 4.40. The Bertz CT molecular complexity index is 614. The standard InChI is InChI=1S/C17H16O4/c1-3-16(19)21-15-10-6-13(7-11-15)17(20-2)12-4-8-14(18)9-5-12/h3-11,17-18H,1H2,2H3. The maximum absolute atomic E-state index is 11.1. The summed E-state index contributed by atoms with van der Waals surface area (Å²) in [5.41, 5.74) is 1.84. The van der Waals surface area contributed by atoms with Crippen molar-refractivity contribution in [1.29, 1.82) is 0 Å². The second-order valence-electron chi connectivity index (χ2n) is 4.40. The first kappa shape index (κ1) is 14.8. The van der Waals surface area contributed by atoms with Crippen molar-refractivity contribution in [1.82, 2.24) is 0 Å². The van der Waals surface area contributed by atoms with Gasteiger partial charge in [0, 0.05) is 13.2 Å². The Labute approximate surface area is 123 Å². The van der Waals surface area contributed by atoms with E-state index in [0.29, 0.717) is 5.75 Å². The zero-order valence-corrected chi connectivity index (χ0v) is 11.7. The van der Waals surface area contributed by atoms with Gasteiger partial charge in [-0.2, -0.15) is 0 Å². The Morgan fingerprint density at radius 2 is 1.62 bits per heavy atom. The van der Waals surface area contributed by atoms with Crippen molar-refractivity contribution in [3.05, 3.63) is 72.3 Å². The topological polar surface area (TPSA) is 55.8 Å². The molecule has 1 N–H and O–H groups in total. The van der Waals surface area contributed by atoms with Crippen LogP contribution in [0.1, 0.15) is 17.2 Å². The van der Waals surface area contributed by atoms with Gasteiger partial charge in [0.1, 0.15) is 17.6 Å². The molecular formula is C17H16O4. The van der Waals surface area contributed by atoms with E-state index in [2.05, 4.69) is 6.58 Å². The lowest BCUT2D eigenvalue weighted by Gasteiger charge is -2.16. The molecule has 0 aromatic heterocycles. The largest absolute Gasteiger partial charge is 0.508 e. The minimum atomic E-state index is -0.496. The number of aromatic hydroxyl groups is 1. The Morgan fingerprint density at radius 3 is 2.10 bits per heavy atom. The van der Waals surface area contributed by atoms with Gasteiger partial charge in [-0.25, -0.2) is 4.79 Å². The van der Waals surface area contributed by atoms with Crippen LogP contribution in [0.4, 0.5) is 0 Å². The van der Waals surface area contributed by atoms with Crippen LogP contribution >= 0.6 is 0 Å². The third-order valence-corrected chi connectivity index (χ3v) is 3.00. The van der Waals surface area contributed by atoms with Crippen molar-refractivity contribution in [3.8, 4) is 11.5 Å². The van der Waals surface area contributed by atoms with E-state index in [9.17, 15) is 9.90 Å². The lowest BCUT2D eigenvalue weighted by atomic mass is 10.0. The predicted molar refractivity (Wildman–Crippen MR) is 79.2 cm³/mol. The van der Waals surface area contributed by atoms with E-state index < -0.39 is 5.97 Å². The summed E-state index contributed by atoms with van der Waals surface area (Å²) in [7, 11) is 1.61. The summed E-state index contributed by atoms with van der Waals surface area (Å²) < 4.78 is 10.5. The maximum atomic E-state index is 11.1. The van der Waals surface area contributed by atoms with Gasteiger partial charge in [0.25, 0.3) is 0 Å². The molecule has 0 aliphatic carbocycles. The van der Waals surface area contributed by atoms with E-state index in [-0.39, 0.29) is 11.9 Å². The van der Waals surface area contributed by atoms with Crippen molar-refractivity contribution in [3.63, 3.8) is 0 Å².